The van der Waals surface area contributed by atoms with Crippen molar-refractivity contribution in [3.05, 3.63) is 115 Å². The van der Waals surface area contributed by atoms with Crippen molar-refractivity contribution in [3.63, 3.8) is 0 Å². The fourth-order valence-electron chi connectivity index (χ4n) is 2.96. The molecule has 1 atom stereocenters. The van der Waals surface area contributed by atoms with Gasteiger partial charge in [0.05, 0.1) is 0 Å². The Morgan fingerprint density at radius 3 is 1.21 bits per heavy atom. The summed E-state index contributed by atoms with van der Waals surface area (Å²) in [5.41, 5.74) is 0. The molecule has 196 valence electrons. The van der Waals surface area contributed by atoms with Crippen molar-refractivity contribution < 1.29 is 38.7 Å². The van der Waals surface area contributed by atoms with Gasteiger partial charge in [-0.2, -0.15) is 0 Å². The predicted molar refractivity (Wildman–Crippen MR) is 138 cm³/mol. The van der Waals surface area contributed by atoms with Crippen LogP contribution in [-0.2, 0) is 9.59 Å². The maximum absolute atomic E-state index is 11.4. The van der Waals surface area contributed by atoms with E-state index >= 15 is 0 Å². The van der Waals surface area contributed by atoms with Gasteiger partial charge in [0.15, 0.2) is 0 Å². The van der Waals surface area contributed by atoms with Crippen LogP contribution in [0.1, 0.15) is 13.8 Å². The number of nitrogens with zero attached hydrogens (tertiary/aromatic N) is 1. The average Bonchev–Trinajstić information content (AvgIpc) is 2.91. The molecule has 38 heavy (non-hydrogen) atoms. The summed E-state index contributed by atoms with van der Waals surface area (Å²) >= 11 is 0. The molecule has 2 N–H and O–H groups in total. The van der Waals surface area contributed by atoms with Gasteiger partial charge in [-0.3, -0.25) is 0 Å². The fourth-order valence-corrected chi connectivity index (χ4v) is 2.96. The monoisotopic (exact) mass is 517 g/mol. The van der Waals surface area contributed by atoms with Crippen LogP contribution in [0.25, 0.3) is 0 Å². The zero-order chi connectivity index (χ0) is 27.4. The zero-order valence-electron chi connectivity index (χ0n) is 20.8. The molecule has 0 bridgehead atoms. The summed E-state index contributed by atoms with van der Waals surface area (Å²) in [6.45, 7) is 2.70. The van der Waals surface area contributed by atoms with Crippen LogP contribution in [0.5, 0.6) is 23.1 Å². The molecular formula is C29H27NO8. The van der Waals surface area contributed by atoms with Crippen LogP contribution in [0.2, 0.25) is 0 Å². The molecule has 0 aliphatic rings. The molecule has 4 aromatic rings. The smallest absolute Gasteiger partial charge is 0.390 e. The molecule has 0 radical (unpaired) electrons. The van der Waals surface area contributed by atoms with Crippen LogP contribution >= 0.6 is 0 Å². The fraction of sp³-hybridized carbons (Fsp3) is 0.138. The van der Waals surface area contributed by atoms with Gasteiger partial charge in [0.2, 0.25) is 5.88 Å². The summed E-state index contributed by atoms with van der Waals surface area (Å²) in [6, 6.07) is 31.0. The average molecular weight is 518 g/mol. The number of hydrogen-bond acceptors (Lipinski definition) is 7. The number of hydrogen-bond donors (Lipinski definition) is 2. The maximum Gasteiger partial charge on any atom is 0.390 e. The van der Waals surface area contributed by atoms with E-state index in [1.165, 1.54) is 20.0 Å². The minimum atomic E-state index is -1.84. The predicted octanol–water partition coefficient (Wildman–Crippen LogP) is 5.29. The molecule has 0 aliphatic carbocycles. The number of para-hydroxylation sites is 3. The highest BCUT2D eigenvalue weighted by Gasteiger charge is 2.39. The second-order valence-electron chi connectivity index (χ2n) is 8.02. The summed E-state index contributed by atoms with van der Waals surface area (Å²) in [7, 11) is 0. The van der Waals surface area contributed by atoms with E-state index in [-0.39, 0.29) is 5.88 Å². The Kier molecular flexibility index (Phi) is 9.26. The van der Waals surface area contributed by atoms with Crippen molar-refractivity contribution in [2.75, 3.05) is 0 Å². The number of ether oxygens (including phenoxy) is 4. The molecule has 9 nitrogen and oxygen atoms in total. The highest BCUT2D eigenvalue weighted by molar-refractivity contribution is 5.76. The highest BCUT2D eigenvalue weighted by Crippen LogP contribution is 2.23. The van der Waals surface area contributed by atoms with E-state index in [2.05, 4.69) is 4.98 Å². The lowest BCUT2D eigenvalue weighted by atomic mass is 10.3. The van der Waals surface area contributed by atoms with E-state index < -0.39 is 23.5 Å². The molecule has 3 aromatic carbocycles. The summed E-state index contributed by atoms with van der Waals surface area (Å²) in [5.74, 6) is -4.58. The first kappa shape index (κ1) is 27.5. The lowest BCUT2D eigenvalue weighted by Gasteiger charge is -2.26. The largest absolute Gasteiger partial charge is 0.475 e. The van der Waals surface area contributed by atoms with Gasteiger partial charge in [-0.05, 0) is 42.5 Å². The van der Waals surface area contributed by atoms with Crippen molar-refractivity contribution in [1.29, 1.82) is 0 Å². The third kappa shape index (κ3) is 7.99. The number of carboxylic acid groups (broad SMARTS) is 2. The first-order valence-corrected chi connectivity index (χ1v) is 11.5. The van der Waals surface area contributed by atoms with Crippen molar-refractivity contribution in [2.24, 2.45) is 0 Å². The summed E-state index contributed by atoms with van der Waals surface area (Å²) in [4.78, 5) is 26.7. The molecule has 1 heterocycles. The van der Waals surface area contributed by atoms with Crippen LogP contribution in [-0.4, -0.2) is 38.7 Å². The Hall–Kier alpha value is -5.05. The normalized spacial score (nSPS) is 12.1. The molecule has 0 amide bonds. The maximum atomic E-state index is 11.4. The van der Waals surface area contributed by atoms with E-state index in [0.29, 0.717) is 17.2 Å². The van der Waals surface area contributed by atoms with Gasteiger partial charge in [-0.1, -0.05) is 60.7 Å². The molecule has 9 heteroatoms. The van der Waals surface area contributed by atoms with Gasteiger partial charge in [0.25, 0.3) is 0 Å². The Morgan fingerprint density at radius 2 is 0.895 bits per heavy atom. The topological polar surface area (TPSA) is 124 Å². The number of aliphatic carboxylic acids is 2. The van der Waals surface area contributed by atoms with Gasteiger partial charge < -0.3 is 29.2 Å². The van der Waals surface area contributed by atoms with Crippen LogP contribution in [0, 0.1) is 0 Å². The summed E-state index contributed by atoms with van der Waals surface area (Å²) in [5, 5.41) is 18.6. The Morgan fingerprint density at radius 1 is 0.553 bits per heavy atom. The lowest BCUT2D eigenvalue weighted by molar-refractivity contribution is -0.181. The Bertz CT molecular complexity index is 1100. The van der Waals surface area contributed by atoms with Crippen molar-refractivity contribution >= 4 is 11.9 Å². The number of pyridine rings is 1. The molecule has 0 fully saturated rings. The molecule has 4 rings (SSSR count). The second kappa shape index (κ2) is 12.8. The van der Waals surface area contributed by atoms with Crippen molar-refractivity contribution in [2.45, 2.75) is 25.4 Å². The van der Waals surface area contributed by atoms with Crippen LogP contribution in [0.3, 0.4) is 0 Å². The van der Waals surface area contributed by atoms with Gasteiger partial charge in [-0.15, -0.1) is 0 Å². The number of rotatable bonds is 10. The Balaban J connectivity index is 0.000000211. The van der Waals surface area contributed by atoms with E-state index in [1.807, 2.05) is 18.2 Å². The van der Waals surface area contributed by atoms with Crippen LogP contribution in [0.4, 0.5) is 0 Å². The second-order valence-corrected chi connectivity index (χ2v) is 8.02. The third-order valence-electron chi connectivity index (χ3n) is 4.88. The first-order chi connectivity index (χ1) is 18.2. The highest BCUT2D eigenvalue weighted by atomic mass is 16.7. The molecular weight excluding hydrogens is 490 g/mol. The van der Waals surface area contributed by atoms with E-state index in [0.717, 1.165) is 0 Å². The standard InChI is InChI=1S/C15H14O4.C14H13NO4/c1-15(14(16)17,18-12-8-4-2-5-9-12)19-13-10-6-3-7-11-13;1-14(13(16)17,18-11-7-3-2-4-8-11)19-12-9-5-6-10-15-12/h2-11H,1H3,(H,16,17);2-10H,1H3,(H,16,17). The van der Waals surface area contributed by atoms with Crippen LogP contribution < -0.4 is 18.9 Å². The molecule has 0 spiro atoms. The van der Waals surface area contributed by atoms with Crippen molar-refractivity contribution in [1.82, 2.24) is 4.98 Å². The lowest BCUT2D eigenvalue weighted by Crippen LogP contribution is -2.47. The molecule has 0 saturated heterocycles. The van der Waals surface area contributed by atoms with E-state index in [9.17, 15) is 19.8 Å². The van der Waals surface area contributed by atoms with E-state index in [1.54, 1.807) is 91.0 Å². The Labute approximate surface area is 219 Å². The van der Waals surface area contributed by atoms with Gasteiger partial charge in [-0.25, -0.2) is 14.6 Å². The van der Waals surface area contributed by atoms with Crippen LogP contribution in [0.15, 0.2) is 115 Å². The molecule has 1 aromatic heterocycles. The van der Waals surface area contributed by atoms with Gasteiger partial charge >= 0.3 is 23.5 Å². The first-order valence-electron chi connectivity index (χ1n) is 11.5. The van der Waals surface area contributed by atoms with Gasteiger partial charge in [0.1, 0.15) is 17.2 Å². The minimum Gasteiger partial charge on any atom is -0.475 e. The minimum absolute atomic E-state index is 0.184. The number of carboxylic acids is 2. The number of benzene rings is 3. The quantitative estimate of drug-likeness (QED) is 0.270. The summed E-state index contributed by atoms with van der Waals surface area (Å²) in [6.07, 6.45) is 1.51. The molecule has 0 aliphatic heterocycles. The zero-order valence-corrected chi connectivity index (χ0v) is 20.8. The molecule has 1 unspecified atom stereocenters. The number of carbonyl (C=O) groups is 2. The van der Waals surface area contributed by atoms with E-state index in [4.69, 9.17) is 18.9 Å². The summed E-state index contributed by atoms with van der Waals surface area (Å²) < 4.78 is 21.6. The SMILES string of the molecule is CC(Oc1ccccc1)(Oc1ccccc1)C(=O)O.CC(Oc1ccccc1)(Oc1ccccn1)C(=O)O. The third-order valence-corrected chi connectivity index (χ3v) is 4.88. The van der Waals surface area contributed by atoms with Gasteiger partial charge in [0, 0.05) is 26.1 Å². The number of aromatic nitrogens is 1. The molecule has 0 saturated carbocycles. The van der Waals surface area contributed by atoms with Crippen molar-refractivity contribution in [3.8, 4) is 23.1 Å².